The van der Waals surface area contributed by atoms with Gasteiger partial charge in [-0.15, -0.1) is 0 Å². The molecule has 0 aromatic heterocycles. The van der Waals surface area contributed by atoms with Crippen LogP contribution in [0.4, 0.5) is 0 Å². The van der Waals surface area contributed by atoms with Crippen molar-refractivity contribution < 1.29 is 84.5 Å². The Bertz CT molecular complexity index is 11.7. The average Bonchev–Trinajstić information content (AvgIpc) is 0. The summed E-state index contributed by atoms with van der Waals surface area (Å²) in [5.41, 5.74) is 0. The first-order valence-corrected chi connectivity index (χ1v) is 0. The second kappa shape index (κ2) is 75.2. The van der Waals surface area contributed by atoms with E-state index in [-0.39, 0.29) is 104 Å². The van der Waals surface area contributed by atoms with Crippen LogP contribution in [0, 0.1) is 40.8 Å². The molecule has 0 unspecified atom stereocenters. The maximum Gasteiger partial charge on any atom is 0 e. The molecule has 0 aromatic carbocycles. The van der Waals surface area contributed by atoms with Crippen LogP contribution in [0.15, 0.2) is 0 Å². The van der Waals surface area contributed by atoms with Crippen molar-refractivity contribution in [3.63, 3.8) is 0 Å². The van der Waals surface area contributed by atoms with E-state index in [1.54, 1.807) is 0 Å². The normalized spacial score (nSPS) is 0. The maximum absolute atomic E-state index is 0. The van der Waals surface area contributed by atoms with E-state index in [9.17, 15) is 0 Å². The monoisotopic (exact) mass is 334 g/mol. The fraction of sp³-hybridized carbons (Fsp3) is 0. The van der Waals surface area contributed by atoms with Crippen LogP contribution in [0.25, 0.3) is 0 Å². The molecule has 46 valence electrons. The van der Waals surface area contributed by atoms with Gasteiger partial charge in [-0.1, -0.05) is 0 Å². The van der Waals surface area contributed by atoms with Crippen molar-refractivity contribution in [2.45, 2.75) is 0 Å². The van der Waals surface area contributed by atoms with Crippen LogP contribution in [0.5, 0.6) is 0 Å². The van der Waals surface area contributed by atoms with Gasteiger partial charge in [0.05, 0.1) is 0 Å². The molecule has 0 fully saturated rings. The molecular weight excluding hydrogens is 326 g/mol. The Morgan fingerprint density at radius 2 is 0.571 bits per heavy atom. The Morgan fingerprint density at radius 3 is 0.571 bits per heavy atom. The standard InChI is InChI=1S/Ga.Nd.4H2O.Ti.3H/h;;4*1H2;;;;. The van der Waals surface area contributed by atoms with Gasteiger partial charge in [-0.2, -0.15) is 0 Å². The Hall–Kier alpha value is 2.54. The fourth-order valence-corrected chi connectivity index (χ4v) is 0. The van der Waals surface area contributed by atoms with Crippen molar-refractivity contribution >= 4 is 19.8 Å². The third-order valence-electron chi connectivity index (χ3n) is 0. The first-order chi connectivity index (χ1) is 0. The number of rotatable bonds is 0. The van der Waals surface area contributed by atoms with Crippen LogP contribution in [-0.4, -0.2) is 41.7 Å². The summed E-state index contributed by atoms with van der Waals surface area (Å²) in [6.45, 7) is 0. The Kier molecular flexibility index (Phi) is 1160. The molecule has 0 spiro atoms. The molecule has 0 rings (SSSR count). The Balaban J connectivity index is 0. The average molecular weight is 337 g/mol. The van der Waals surface area contributed by atoms with E-state index in [1.807, 2.05) is 0 Å². The van der Waals surface area contributed by atoms with Crippen LogP contribution in [0.3, 0.4) is 0 Å². The third kappa shape index (κ3) is 56.6. The minimum atomic E-state index is 0. The summed E-state index contributed by atoms with van der Waals surface area (Å²) < 4.78 is 0. The molecule has 0 saturated heterocycles. The minimum absolute atomic E-state index is 0. The molecule has 0 aromatic rings. The second-order valence-corrected chi connectivity index (χ2v) is 0. The third-order valence-corrected chi connectivity index (χ3v) is 0. The fourth-order valence-electron chi connectivity index (χ4n) is 0. The molecule has 0 saturated carbocycles. The number of hydrogen-bond donors (Lipinski definition) is 0. The first kappa shape index (κ1) is 108. The van der Waals surface area contributed by atoms with Gasteiger partial charge in [0.15, 0.2) is 0 Å². The SMILES string of the molecule is O.O.O.O.[GaH3].[Nd].[Ti]. The van der Waals surface area contributed by atoms with Crippen molar-refractivity contribution in [1.82, 2.24) is 0 Å². The van der Waals surface area contributed by atoms with Gasteiger partial charge in [0.1, 0.15) is 0 Å². The van der Waals surface area contributed by atoms with E-state index in [1.165, 1.54) is 0 Å². The van der Waals surface area contributed by atoms with Crippen LogP contribution in [0.2, 0.25) is 0 Å². The zero-order valence-corrected chi connectivity index (χ0v) is 7.77. The Labute approximate surface area is 103 Å². The smallest absolute Gasteiger partial charge is 0 e. The molecule has 8 N–H and O–H groups in total. The molecule has 7 heavy (non-hydrogen) atoms. The summed E-state index contributed by atoms with van der Waals surface area (Å²) in [6, 6.07) is 0. The molecule has 0 aliphatic carbocycles. The summed E-state index contributed by atoms with van der Waals surface area (Å²) in [7, 11) is 0. The van der Waals surface area contributed by atoms with Crippen LogP contribution >= 0.6 is 0 Å². The predicted octanol–water partition coefficient (Wildman–Crippen LogP) is -4.49. The first-order valence-electron chi connectivity index (χ1n) is 0. The largest absolute Gasteiger partial charge is 0 e. The van der Waals surface area contributed by atoms with Gasteiger partial charge in [-0.05, 0) is 0 Å². The molecule has 0 heterocycles. The van der Waals surface area contributed by atoms with Crippen molar-refractivity contribution in [3.05, 3.63) is 0 Å². The van der Waals surface area contributed by atoms with Crippen LogP contribution in [-0.2, 0) is 21.7 Å². The van der Waals surface area contributed by atoms with Crippen molar-refractivity contribution in [2.24, 2.45) is 0 Å². The van der Waals surface area contributed by atoms with Crippen molar-refractivity contribution in [1.29, 1.82) is 0 Å². The van der Waals surface area contributed by atoms with Gasteiger partial charge < -0.3 is 21.9 Å². The van der Waals surface area contributed by atoms with Gasteiger partial charge in [0, 0.05) is 62.6 Å². The molecule has 4 nitrogen and oxygen atoms in total. The Morgan fingerprint density at radius 1 is 0.571 bits per heavy atom. The minimum Gasteiger partial charge on any atom is 0 e. The summed E-state index contributed by atoms with van der Waals surface area (Å²) in [5, 5.41) is 0. The van der Waals surface area contributed by atoms with Crippen molar-refractivity contribution in [2.75, 3.05) is 0 Å². The zero-order valence-electron chi connectivity index (χ0n) is 3.00. The van der Waals surface area contributed by atoms with E-state index >= 15 is 0 Å². The second-order valence-electron chi connectivity index (χ2n) is 0. The van der Waals surface area contributed by atoms with E-state index in [0.717, 1.165) is 0 Å². The maximum atomic E-state index is 0. The van der Waals surface area contributed by atoms with E-state index in [4.69, 9.17) is 0 Å². The quantitative estimate of drug-likeness (QED) is 0.395. The summed E-state index contributed by atoms with van der Waals surface area (Å²) in [4.78, 5) is 0. The van der Waals surface area contributed by atoms with Gasteiger partial charge in [0.25, 0.3) is 0 Å². The predicted molar refractivity (Wildman–Crippen MR) is 24.4 cm³/mol. The molecular formula is H11GaNdO4Ti. The molecule has 0 aliphatic heterocycles. The summed E-state index contributed by atoms with van der Waals surface area (Å²) >= 11 is 0. The van der Waals surface area contributed by atoms with Crippen LogP contribution in [0.1, 0.15) is 0 Å². The van der Waals surface area contributed by atoms with E-state index in [2.05, 4.69) is 0 Å². The van der Waals surface area contributed by atoms with Gasteiger partial charge >= 0.3 is 19.8 Å². The molecule has 7 heteroatoms. The summed E-state index contributed by atoms with van der Waals surface area (Å²) in [5.74, 6) is 0. The van der Waals surface area contributed by atoms with Crippen LogP contribution < -0.4 is 0 Å². The summed E-state index contributed by atoms with van der Waals surface area (Å²) in [6.07, 6.45) is 0. The van der Waals surface area contributed by atoms with E-state index < -0.39 is 0 Å². The molecule has 0 bridgehead atoms. The van der Waals surface area contributed by atoms with Gasteiger partial charge in [-0.3, -0.25) is 0 Å². The number of hydrogen-bond acceptors (Lipinski definition) is 0. The molecule has 0 atom stereocenters. The molecule has 0 radical (unpaired) electrons. The molecule has 0 amide bonds. The van der Waals surface area contributed by atoms with Gasteiger partial charge in [-0.25, -0.2) is 0 Å². The van der Waals surface area contributed by atoms with E-state index in [0.29, 0.717) is 0 Å². The molecule has 0 aliphatic rings. The zero-order chi connectivity index (χ0) is 0. The van der Waals surface area contributed by atoms with Crippen molar-refractivity contribution in [3.8, 4) is 0 Å². The topological polar surface area (TPSA) is 126 Å². The van der Waals surface area contributed by atoms with Gasteiger partial charge in [0.2, 0.25) is 0 Å².